The Morgan fingerprint density at radius 2 is 1.86 bits per heavy atom. The molecule has 1 aromatic carbocycles. The fourth-order valence-corrected chi connectivity index (χ4v) is 1.72. The van der Waals surface area contributed by atoms with Gasteiger partial charge in [-0.25, -0.2) is 8.78 Å². The maximum atomic E-state index is 13.0. The van der Waals surface area contributed by atoms with Crippen LogP contribution in [0.2, 0.25) is 0 Å². The van der Waals surface area contributed by atoms with E-state index in [4.69, 9.17) is 4.74 Å². The average molecular weight is 314 g/mol. The average Bonchev–Trinajstić information content (AvgIpc) is 2.51. The molecule has 22 heavy (non-hydrogen) atoms. The second-order valence-electron chi connectivity index (χ2n) is 4.64. The lowest BCUT2D eigenvalue weighted by Gasteiger charge is -2.06. The third-order valence-electron chi connectivity index (χ3n) is 2.93. The largest absolute Gasteiger partial charge is 0.383 e. The van der Waals surface area contributed by atoms with Crippen LogP contribution in [0.1, 0.15) is 23.2 Å². The van der Waals surface area contributed by atoms with Crippen molar-refractivity contribution in [3.63, 3.8) is 0 Å². The summed E-state index contributed by atoms with van der Waals surface area (Å²) in [5.41, 5.74) is 0.0629. The van der Waals surface area contributed by atoms with Crippen LogP contribution in [0.3, 0.4) is 0 Å². The topological polar surface area (TPSA) is 67.4 Å². The van der Waals surface area contributed by atoms with Crippen molar-refractivity contribution in [1.29, 1.82) is 0 Å². The molecule has 7 heteroatoms. The number of ketones is 1. The van der Waals surface area contributed by atoms with E-state index in [9.17, 15) is 18.4 Å². The van der Waals surface area contributed by atoms with Gasteiger partial charge in [0.2, 0.25) is 5.91 Å². The molecule has 0 atom stereocenters. The zero-order valence-corrected chi connectivity index (χ0v) is 12.5. The Kier molecular flexibility index (Phi) is 8.24. The minimum absolute atomic E-state index is 0.00982. The molecule has 0 unspecified atom stereocenters. The number of carbonyl (C=O) groups is 2. The molecule has 122 valence electrons. The molecule has 1 aromatic rings. The summed E-state index contributed by atoms with van der Waals surface area (Å²) in [6.07, 6.45) is -0.0378. The highest BCUT2D eigenvalue weighted by Crippen LogP contribution is 2.11. The third kappa shape index (κ3) is 6.73. The quantitative estimate of drug-likeness (QED) is 0.504. The lowest BCUT2D eigenvalue weighted by atomic mass is 10.1. The molecule has 0 saturated heterocycles. The van der Waals surface area contributed by atoms with Crippen LogP contribution in [-0.4, -0.2) is 45.0 Å². The predicted molar refractivity (Wildman–Crippen MR) is 77.7 cm³/mol. The number of Topliss-reactive ketones (excluding diaryl/α,β-unsaturated/α-hetero) is 1. The lowest BCUT2D eigenvalue weighted by Crippen LogP contribution is -2.33. The van der Waals surface area contributed by atoms with Crippen molar-refractivity contribution in [2.24, 2.45) is 0 Å². The fourth-order valence-electron chi connectivity index (χ4n) is 1.72. The number of nitrogens with one attached hydrogen (secondary N) is 2. The van der Waals surface area contributed by atoms with Crippen molar-refractivity contribution in [1.82, 2.24) is 10.6 Å². The Morgan fingerprint density at radius 3 is 2.55 bits per heavy atom. The number of methoxy groups -OCH3 is 1. The van der Waals surface area contributed by atoms with E-state index in [1.807, 2.05) is 0 Å². The van der Waals surface area contributed by atoms with Crippen LogP contribution < -0.4 is 10.6 Å². The van der Waals surface area contributed by atoms with E-state index >= 15 is 0 Å². The maximum absolute atomic E-state index is 13.0. The normalized spacial score (nSPS) is 10.5. The molecule has 0 aromatic heterocycles. The fraction of sp³-hybridized carbons (Fsp3) is 0.467. The molecule has 2 N–H and O–H groups in total. The van der Waals surface area contributed by atoms with Crippen molar-refractivity contribution >= 4 is 11.7 Å². The van der Waals surface area contributed by atoms with Gasteiger partial charge in [0.1, 0.15) is 0 Å². The summed E-state index contributed by atoms with van der Waals surface area (Å²) in [4.78, 5) is 23.3. The van der Waals surface area contributed by atoms with Crippen LogP contribution in [-0.2, 0) is 9.53 Å². The van der Waals surface area contributed by atoms with Gasteiger partial charge in [0.15, 0.2) is 17.4 Å². The molecule has 0 saturated carbocycles. The molecular formula is C15H20F2N2O3. The molecular weight excluding hydrogens is 294 g/mol. The van der Waals surface area contributed by atoms with Gasteiger partial charge in [0.25, 0.3) is 0 Å². The van der Waals surface area contributed by atoms with Crippen LogP contribution >= 0.6 is 0 Å². The maximum Gasteiger partial charge on any atom is 0.220 e. The Balaban J connectivity index is 2.23. The summed E-state index contributed by atoms with van der Waals surface area (Å²) in [5.74, 6) is -2.73. The number of hydrogen-bond donors (Lipinski definition) is 2. The summed E-state index contributed by atoms with van der Waals surface area (Å²) in [6, 6.07) is 2.95. The number of rotatable bonds is 10. The Morgan fingerprint density at radius 1 is 1.09 bits per heavy atom. The van der Waals surface area contributed by atoms with E-state index in [0.29, 0.717) is 26.2 Å². The standard InChI is InChI=1S/C15H20F2N2O3/c1-22-9-8-18-6-7-19-15(21)5-4-14(20)11-2-3-12(16)13(17)10-11/h2-3,10,18H,4-9H2,1H3,(H,19,21). The molecule has 1 amide bonds. The van der Waals surface area contributed by atoms with Crippen molar-refractivity contribution in [3.8, 4) is 0 Å². The summed E-state index contributed by atoms with van der Waals surface area (Å²) < 4.78 is 30.6. The van der Waals surface area contributed by atoms with Crippen molar-refractivity contribution in [2.45, 2.75) is 12.8 Å². The van der Waals surface area contributed by atoms with E-state index in [1.54, 1.807) is 7.11 Å². The lowest BCUT2D eigenvalue weighted by molar-refractivity contribution is -0.121. The van der Waals surface area contributed by atoms with Crippen LogP contribution in [0, 0.1) is 11.6 Å². The summed E-state index contributed by atoms with van der Waals surface area (Å²) in [6.45, 7) is 2.34. The monoisotopic (exact) mass is 314 g/mol. The molecule has 0 radical (unpaired) electrons. The van der Waals surface area contributed by atoms with Gasteiger partial charge in [-0.05, 0) is 18.2 Å². The van der Waals surface area contributed by atoms with E-state index in [1.165, 1.54) is 6.07 Å². The third-order valence-corrected chi connectivity index (χ3v) is 2.93. The second-order valence-corrected chi connectivity index (χ2v) is 4.64. The molecule has 0 bridgehead atoms. The molecule has 5 nitrogen and oxygen atoms in total. The first-order valence-electron chi connectivity index (χ1n) is 6.99. The zero-order valence-electron chi connectivity index (χ0n) is 12.5. The van der Waals surface area contributed by atoms with Gasteiger partial charge in [-0.15, -0.1) is 0 Å². The zero-order chi connectivity index (χ0) is 16.4. The van der Waals surface area contributed by atoms with Crippen LogP contribution in [0.25, 0.3) is 0 Å². The molecule has 0 fully saturated rings. The molecule has 0 aliphatic rings. The number of benzene rings is 1. The van der Waals surface area contributed by atoms with Crippen LogP contribution in [0.5, 0.6) is 0 Å². The Bertz CT molecular complexity index is 510. The first kappa shape index (κ1) is 18.2. The van der Waals surface area contributed by atoms with Crippen molar-refractivity contribution in [2.75, 3.05) is 33.4 Å². The predicted octanol–water partition coefficient (Wildman–Crippen LogP) is 1.28. The van der Waals surface area contributed by atoms with Gasteiger partial charge in [-0.1, -0.05) is 0 Å². The van der Waals surface area contributed by atoms with Gasteiger partial charge < -0.3 is 15.4 Å². The van der Waals surface area contributed by atoms with Gasteiger partial charge in [0.05, 0.1) is 6.61 Å². The van der Waals surface area contributed by atoms with E-state index in [2.05, 4.69) is 10.6 Å². The molecule has 0 spiro atoms. The van der Waals surface area contributed by atoms with E-state index < -0.39 is 17.4 Å². The summed E-state index contributed by atoms with van der Waals surface area (Å²) >= 11 is 0. The number of amides is 1. The number of ether oxygens (including phenoxy) is 1. The van der Waals surface area contributed by atoms with Gasteiger partial charge >= 0.3 is 0 Å². The molecule has 1 rings (SSSR count). The van der Waals surface area contributed by atoms with E-state index in [-0.39, 0.29) is 24.3 Å². The van der Waals surface area contributed by atoms with E-state index in [0.717, 1.165) is 12.1 Å². The van der Waals surface area contributed by atoms with Gasteiger partial charge in [0, 0.05) is 45.1 Å². The minimum atomic E-state index is -1.07. The number of carbonyl (C=O) groups excluding carboxylic acids is 2. The molecule has 0 aliphatic carbocycles. The number of halogens is 2. The highest BCUT2D eigenvalue weighted by Gasteiger charge is 2.11. The smallest absolute Gasteiger partial charge is 0.220 e. The first-order valence-corrected chi connectivity index (χ1v) is 6.99. The highest BCUT2D eigenvalue weighted by molar-refractivity contribution is 5.97. The minimum Gasteiger partial charge on any atom is -0.383 e. The van der Waals surface area contributed by atoms with Crippen molar-refractivity contribution in [3.05, 3.63) is 35.4 Å². The Labute approximate surface area is 128 Å². The van der Waals surface area contributed by atoms with Crippen molar-refractivity contribution < 1.29 is 23.1 Å². The van der Waals surface area contributed by atoms with Gasteiger partial charge in [-0.2, -0.15) is 0 Å². The number of hydrogen-bond acceptors (Lipinski definition) is 4. The highest BCUT2D eigenvalue weighted by atomic mass is 19.2. The summed E-state index contributed by atoms with van der Waals surface area (Å²) in [7, 11) is 1.60. The summed E-state index contributed by atoms with van der Waals surface area (Å²) in [5, 5.41) is 5.72. The molecule has 0 heterocycles. The van der Waals surface area contributed by atoms with Crippen LogP contribution in [0.15, 0.2) is 18.2 Å². The SMILES string of the molecule is COCCNCCNC(=O)CCC(=O)c1ccc(F)c(F)c1. The first-order chi connectivity index (χ1) is 10.5. The second kappa shape index (κ2) is 9.97. The Hall–Kier alpha value is -1.86. The van der Waals surface area contributed by atoms with Crippen LogP contribution in [0.4, 0.5) is 8.78 Å². The van der Waals surface area contributed by atoms with Gasteiger partial charge in [-0.3, -0.25) is 9.59 Å². The molecule has 0 aliphatic heterocycles.